The number of hydrogen-bond acceptors (Lipinski definition) is 3. The SMILES string of the molecule is COc1ccc(C(=O)N2CCC(c3ccc(Cl)c(Cl)c3)C2)c(OC)c1. The zero-order valence-corrected chi connectivity index (χ0v) is 15.6. The molecule has 1 heterocycles. The van der Waals surface area contributed by atoms with Gasteiger partial charge in [0.2, 0.25) is 0 Å². The molecule has 1 aliphatic heterocycles. The summed E-state index contributed by atoms with van der Waals surface area (Å²) in [6.07, 6.45) is 0.891. The number of amides is 1. The summed E-state index contributed by atoms with van der Waals surface area (Å²) < 4.78 is 10.5. The van der Waals surface area contributed by atoms with Crippen molar-refractivity contribution in [3.05, 3.63) is 57.6 Å². The third kappa shape index (κ3) is 3.70. The summed E-state index contributed by atoms with van der Waals surface area (Å²) in [5, 5.41) is 1.08. The Kier molecular flexibility index (Phi) is 5.40. The number of carbonyl (C=O) groups excluding carboxylic acids is 1. The first-order valence-corrected chi connectivity index (χ1v) is 8.75. The van der Waals surface area contributed by atoms with Crippen molar-refractivity contribution >= 4 is 29.1 Å². The molecular weight excluding hydrogens is 361 g/mol. The van der Waals surface area contributed by atoms with Crippen molar-refractivity contribution < 1.29 is 14.3 Å². The fraction of sp³-hybridized carbons (Fsp3) is 0.316. The smallest absolute Gasteiger partial charge is 0.257 e. The van der Waals surface area contributed by atoms with Crippen LogP contribution in [0.25, 0.3) is 0 Å². The molecule has 0 aliphatic carbocycles. The van der Waals surface area contributed by atoms with Gasteiger partial charge in [-0.2, -0.15) is 0 Å². The summed E-state index contributed by atoms with van der Waals surface area (Å²) in [5.74, 6) is 1.39. The molecule has 0 radical (unpaired) electrons. The molecule has 0 spiro atoms. The van der Waals surface area contributed by atoms with Crippen LogP contribution in [0.4, 0.5) is 0 Å². The van der Waals surface area contributed by atoms with E-state index < -0.39 is 0 Å². The maximum absolute atomic E-state index is 12.9. The second-order valence-corrected chi connectivity index (χ2v) is 6.79. The Labute approximate surface area is 157 Å². The number of benzene rings is 2. The molecule has 6 heteroatoms. The fourth-order valence-electron chi connectivity index (χ4n) is 3.13. The Morgan fingerprint density at radius 2 is 1.88 bits per heavy atom. The summed E-state index contributed by atoms with van der Waals surface area (Å²) in [4.78, 5) is 14.7. The first kappa shape index (κ1) is 17.9. The van der Waals surface area contributed by atoms with Crippen LogP contribution in [0.1, 0.15) is 28.3 Å². The average molecular weight is 380 g/mol. The average Bonchev–Trinajstić information content (AvgIpc) is 3.13. The van der Waals surface area contributed by atoms with Crippen LogP contribution in [0.2, 0.25) is 10.0 Å². The number of carbonyl (C=O) groups is 1. The van der Waals surface area contributed by atoms with Gasteiger partial charge in [-0.15, -0.1) is 0 Å². The van der Waals surface area contributed by atoms with Gasteiger partial charge in [-0.3, -0.25) is 4.79 Å². The highest BCUT2D eigenvalue weighted by Crippen LogP contribution is 2.33. The van der Waals surface area contributed by atoms with E-state index in [1.54, 1.807) is 38.5 Å². The topological polar surface area (TPSA) is 38.8 Å². The van der Waals surface area contributed by atoms with Gasteiger partial charge in [0, 0.05) is 25.1 Å². The van der Waals surface area contributed by atoms with Crippen molar-refractivity contribution in [3.63, 3.8) is 0 Å². The second-order valence-electron chi connectivity index (χ2n) is 5.98. The summed E-state index contributed by atoms with van der Waals surface area (Å²) in [6.45, 7) is 1.34. The number of likely N-dealkylation sites (tertiary alicyclic amines) is 1. The lowest BCUT2D eigenvalue weighted by molar-refractivity contribution is 0.0787. The summed E-state index contributed by atoms with van der Waals surface area (Å²) in [7, 11) is 3.13. The molecule has 25 heavy (non-hydrogen) atoms. The largest absolute Gasteiger partial charge is 0.497 e. The number of nitrogens with zero attached hydrogens (tertiary/aromatic N) is 1. The highest BCUT2D eigenvalue weighted by atomic mass is 35.5. The van der Waals surface area contributed by atoms with Crippen LogP contribution in [0.15, 0.2) is 36.4 Å². The predicted molar refractivity (Wildman–Crippen MR) is 99.3 cm³/mol. The summed E-state index contributed by atoms with van der Waals surface area (Å²) in [5.41, 5.74) is 1.64. The van der Waals surface area contributed by atoms with Crippen LogP contribution in [-0.2, 0) is 0 Å². The Hall–Kier alpha value is -1.91. The lowest BCUT2D eigenvalue weighted by Crippen LogP contribution is -2.28. The Bertz CT molecular complexity index is 794. The molecule has 1 saturated heterocycles. The van der Waals surface area contributed by atoms with Crippen LogP contribution in [0.3, 0.4) is 0 Å². The third-order valence-corrected chi connectivity index (χ3v) is 5.27. The maximum atomic E-state index is 12.9. The van der Waals surface area contributed by atoms with E-state index >= 15 is 0 Å². The van der Waals surface area contributed by atoms with Crippen molar-refractivity contribution in [2.45, 2.75) is 12.3 Å². The van der Waals surface area contributed by atoms with Gasteiger partial charge in [-0.05, 0) is 36.2 Å². The second kappa shape index (κ2) is 7.54. The van der Waals surface area contributed by atoms with Crippen molar-refractivity contribution in [1.29, 1.82) is 0 Å². The molecule has 0 N–H and O–H groups in total. The number of halogens is 2. The Morgan fingerprint density at radius 3 is 2.56 bits per heavy atom. The van der Waals surface area contributed by atoms with E-state index in [9.17, 15) is 4.79 Å². The molecule has 0 aromatic heterocycles. The molecule has 1 amide bonds. The molecule has 1 fully saturated rings. The third-order valence-electron chi connectivity index (χ3n) is 4.53. The van der Waals surface area contributed by atoms with Gasteiger partial charge in [-0.25, -0.2) is 0 Å². The van der Waals surface area contributed by atoms with Gasteiger partial charge >= 0.3 is 0 Å². The van der Waals surface area contributed by atoms with E-state index in [1.165, 1.54) is 0 Å². The van der Waals surface area contributed by atoms with Crippen LogP contribution >= 0.6 is 23.2 Å². The van der Waals surface area contributed by atoms with Gasteiger partial charge in [0.25, 0.3) is 5.91 Å². The van der Waals surface area contributed by atoms with E-state index in [1.807, 2.05) is 17.0 Å². The lowest BCUT2D eigenvalue weighted by atomic mass is 9.99. The van der Waals surface area contributed by atoms with E-state index in [0.717, 1.165) is 12.0 Å². The summed E-state index contributed by atoms with van der Waals surface area (Å²) >= 11 is 12.1. The number of ether oxygens (including phenoxy) is 2. The van der Waals surface area contributed by atoms with E-state index in [0.29, 0.717) is 40.2 Å². The highest BCUT2D eigenvalue weighted by Gasteiger charge is 2.29. The van der Waals surface area contributed by atoms with Gasteiger partial charge in [0.15, 0.2) is 0 Å². The van der Waals surface area contributed by atoms with Crippen LogP contribution in [-0.4, -0.2) is 38.1 Å². The van der Waals surface area contributed by atoms with Crippen molar-refractivity contribution in [2.24, 2.45) is 0 Å². The normalized spacial score (nSPS) is 16.8. The van der Waals surface area contributed by atoms with Gasteiger partial charge in [-0.1, -0.05) is 29.3 Å². The minimum atomic E-state index is -0.0398. The van der Waals surface area contributed by atoms with Crippen LogP contribution < -0.4 is 9.47 Å². The molecule has 0 saturated carbocycles. The fourth-order valence-corrected chi connectivity index (χ4v) is 3.44. The zero-order chi connectivity index (χ0) is 18.0. The molecule has 0 bridgehead atoms. The quantitative estimate of drug-likeness (QED) is 0.776. The standard InChI is InChI=1S/C19H19Cl2NO3/c1-24-14-4-5-15(18(10-14)25-2)19(23)22-8-7-13(11-22)12-3-6-16(20)17(21)9-12/h3-6,9-10,13H,7-8,11H2,1-2H3. The first-order chi connectivity index (χ1) is 12.0. The van der Waals surface area contributed by atoms with Gasteiger partial charge in [0.1, 0.15) is 11.5 Å². The molecule has 1 unspecified atom stereocenters. The Balaban J connectivity index is 1.77. The van der Waals surface area contributed by atoms with Gasteiger partial charge < -0.3 is 14.4 Å². The summed E-state index contributed by atoms with van der Waals surface area (Å²) in [6, 6.07) is 10.9. The van der Waals surface area contributed by atoms with Crippen molar-refractivity contribution in [3.8, 4) is 11.5 Å². The minimum Gasteiger partial charge on any atom is -0.497 e. The first-order valence-electron chi connectivity index (χ1n) is 7.99. The van der Waals surface area contributed by atoms with Crippen molar-refractivity contribution in [1.82, 2.24) is 4.90 Å². The van der Waals surface area contributed by atoms with Crippen molar-refractivity contribution in [2.75, 3.05) is 27.3 Å². The maximum Gasteiger partial charge on any atom is 0.257 e. The molecule has 132 valence electrons. The Morgan fingerprint density at radius 1 is 1.08 bits per heavy atom. The monoisotopic (exact) mass is 379 g/mol. The predicted octanol–water partition coefficient (Wildman–Crippen LogP) is 4.64. The van der Waals surface area contributed by atoms with E-state index in [2.05, 4.69) is 0 Å². The number of rotatable bonds is 4. The molecule has 2 aromatic rings. The molecule has 3 rings (SSSR count). The van der Waals surface area contributed by atoms with E-state index in [4.69, 9.17) is 32.7 Å². The minimum absolute atomic E-state index is 0.0398. The number of methoxy groups -OCH3 is 2. The van der Waals surface area contributed by atoms with Crippen LogP contribution in [0, 0.1) is 0 Å². The van der Waals surface area contributed by atoms with Crippen LogP contribution in [0.5, 0.6) is 11.5 Å². The van der Waals surface area contributed by atoms with E-state index in [-0.39, 0.29) is 11.8 Å². The molecule has 4 nitrogen and oxygen atoms in total. The molecule has 2 aromatic carbocycles. The molecule has 1 atom stereocenters. The molecular formula is C19H19Cl2NO3. The number of hydrogen-bond donors (Lipinski definition) is 0. The molecule has 1 aliphatic rings. The van der Waals surface area contributed by atoms with Gasteiger partial charge in [0.05, 0.1) is 29.8 Å². The highest BCUT2D eigenvalue weighted by molar-refractivity contribution is 6.42. The lowest BCUT2D eigenvalue weighted by Gasteiger charge is -2.19. The zero-order valence-electron chi connectivity index (χ0n) is 14.1.